The monoisotopic (exact) mass is 413 g/mol. The van der Waals surface area contributed by atoms with E-state index < -0.39 is 5.92 Å². The third-order valence-corrected chi connectivity index (χ3v) is 4.94. The Morgan fingerprint density at radius 2 is 1.16 bits per heavy atom. The Bertz CT molecular complexity index is 828. The van der Waals surface area contributed by atoms with Crippen molar-refractivity contribution in [3.05, 3.63) is 85.6 Å². The molecule has 1 aromatic heterocycles. The normalized spacial score (nSPS) is 11.1. The Balaban J connectivity index is 2.34. The molecule has 0 fully saturated rings. The summed E-state index contributed by atoms with van der Waals surface area (Å²) in [7, 11) is 0. The second-order valence-corrected chi connectivity index (χ2v) is 6.96. The maximum atomic E-state index is 9.72. The van der Waals surface area contributed by atoms with E-state index in [0.29, 0.717) is 16.8 Å². The van der Waals surface area contributed by atoms with Crippen molar-refractivity contribution in [2.75, 3.05) is 0 Å². The number of hydrogen-bond donors (Lipinski definition) is 2. The van der Waals surface area contributed by atoms with Gasteiger partial charge in [0.25, 0.3) is 0 Å². The van der Waals surface area contributed by atoms with Crippen LogP contribution in [0.15, 0.2) is 48.7 Å². The van der Waals surface area contributed by atoms with Crippen LogP contribution in [0, 0.1) is 0 Å². The fourth-order valence-electron chi connectivity index (χ4n) is 2.68. The van der Waals surface area contributed by atoms with Gasteiger partial charge >= 0.3 is 0 Å². The van der Waals surface area contributed by atoms with Gasteiger partial charge in [-0.25, -0.2) is 0 Å². The third-order valence-electron chi connectivity index (χ3n) is 3.69. The van der Waals surface area contributed by atoms with Gasteiger partial charge in [0.2, 0.25) is 0 Å². The topological polar surface area (TPSA) is 53.4 Å². The molecule has 2 N–H and O–H groups in total. The lowest BCUT2D eigenvalue weighted by atomic mass is 9.87. The summed E-state index contributed by atoms with van der Waals surface area (Å²) >= 11 is 25.4. The molecule has 0 saturated carbocycles. The van der Waals surface area contributed by atoms with Crippen LogP contribution in [0.5, 0.6) is 11.5 Å². The summed E-state index contributed by atoms with van der Waals surface area (Å²) in [6.07, 6.45) is 1.63. The van der Waals surface area contributed by atoms with Crippen molar-refractivity contribution in [1.29, 1.82) is 0 Å². The van der Waals surface area contributed by atoms with Gasteiger partial charge < -0.3 is 10.2 Å². The molecule has 25 heavy (non-hydrogen) atoms. The fourth-order valence-corrected chi connectivity index (χ4v) is 4.07. The number of phenols is 2. The molecule has 3 rings (SSSR count). The number of aromatic hydroxyl groups is 2. The standard InChI is InChI=1S/C18H11Cl4NO2/c19-11-5-9(24)6-12(20)16(11)18(15-3-1-2-4-23-15)17-13(21)7-10(25)8-14(17)22/h1-8,18,24-25H. The van der Waals surface area contributed by atoms with E-state index in [-0.39, 0.29) is 31.6 Å². The van der Waals surface area contributed by atoms with Gasteiger partial charge in [-0.2, -0.15) is 0 Å². The highest BCUT2D eigenvalue weighted by Gasteiger charge is 2.28. The van der Waals surface area contributed by atoms with Gasteiger partial charge in [-0.05, 0) is 36.4 Å². The molecule has 0 atom stereocenters. The molecule has 0 saturated heterocycles. The maximum absolute atomic E-state index is 9.72. The average Bonchev–Trinajstić information content (AvgIpc) is 2.52. The molecule has 1 heterocycles. The van der Waals surface area contributed by atoms with Gasteiger partial charge in [-0.15, -0.1) is 0 Å². The van der Waals surface area contributed by atoms with Gasteiger partial charge in [0, 0.05) is 37.4 Å². The summed E-state index contributed by atoms with van der Waals surface area (Å²) in [5.41, 5.74) is 1.63. The number of rotatable bonds is 3. The van der Waals surface area contributed by atoms with Crippen molar-refractivity contribution in [1.82, 2.24) is 4.98 Å². The number of pyridine rings is 1. The van der Waals surface area contributed by atoms with E-state index in [1.165, 1.54) is 24.3 Å². The molecule has 2 aromatic carbocycles. The molecular formula is C18H11Cl4NO2. The predicted molar refractivity (Wildman–Crippen MR) is 101 cm³/mol. The quantitative estimate of drug-likeness (QED) is 0.529. The number of halogens is 4. The molecule has 128 valence electrons. The first-order valence-electron chi connectivity index (χ1n) is 7.15. The number of nitrogens with zero attached hydrogens (tertiary/aromatic N) is 1. The van der Waals surface area contributed by atoms with Gasteiger partial charge in [0.05, 0.1) is 11.6 Å². The molecular weight excluding hydrogens is 404 g/mol. The minimum Gasteiger partial charge on any atom is -0.508 e. The molecule has 0 radical (unpaired) electrons. The second kappa shape index (κ2) is 7.30. The largest absolute Gasteiger partial charge is 0.508 e. The van der Waals surface area contributed by atoms with E-state index in [1.54, 1.807) is 18.3 Å². The minimum absolute atomic E-state index is 0.0542. The Labute approximate surface area is 164 Å². The van der Waals surface area contributed by atoms with Crippen LogP contribution in [0.2, 0.25) is 20.1 Å². The molecule has 0 aliphatic rings. The van der Waals surface area contributed by atoms with Crippen LogP contribution in [0.3, 0.4) is 0 Å². The Hall–Kier alpha value is -1.65. The summed E-state index contributed by atoms with van der Waals surface area (Å²) in [5.74, 6) is -0.690. The first kappa shape index (κ1) is 18.2. The molecule has 0 amide bonds. The summed E-state index contributed by atoms with van der Waals surface area (Å²) in [6.45, 7) is 0. The van der Waals surface area contributed by atoms with Crippen molar-refractivity contribution in [3.63, 3.8) is 0 Å². The van der Waals surface area contributed by atoms with Gasteiger partial charge in [0.15, 0.2) is 0 Å². The Morgan fingerprint density at radius 1 is 0.720 bits per heavy atom. The number of phenolic OH excluding ortho intramolecular Hbond substituents is 2. The van der Waals surface area contributed by atoms with Crippen LogP contribution >= 0.6 is 46.4 Å². The fraction of sp³-hybridized carbons (Fsp3) is 0.0556. The zero-order chi connectivity index (χ0) is 18.1. The average molecular weight is 415 g/mol. The second-order valence-electron chi connectivity index (χ2n) is 5.33. The highest BCUT2D eigenvalue weighted by Crippen LogP contribution is 2.46. The molecule has 7 heteroatoms. The van der Waals surface area contributed by atoms with Gasteiger partial charge in [-0.1, -0.05) is 52.5 Å². The van der Waals surface area contributed by atoms with Crippen molar-refractivity contribution < 1.29 is 10.2 Å². The van der Waals surface area contributed by atoms with E-state index in [9.17, 15) is 10.2 Å². The minimum atomic E-state index is -0.581. The van der Waals surface area contributed by atoms with E-state index in [2.05, 4.69) is 4.98 Å². The Morgan fingerprint density at radius 3 is 1.52 bits per heavy atom. The van der Waals surface area contributed by atoms with Crippen molar-refractivity contribution in [2.45, 2.75) is 5.92 Å². The SMILES string of the molecule is Oc1cc(Cl)c(C(c2ccccn2)c2c(Cl)cc(O)cc2Cl)c(Cl)c1. The summed E-state index contributed by atoms with van der Waals surface area (Å²) < 4.78 is 0. The van der Waals surface area contributed by atoms with Crippen LogP contribution in [-0.4, -0.2) is 15.2 Å². The van der Waals surface area contributed by atoms with Crippen molar-refractivity contribution in [2.24, 2.45) is 0 Å². The smallest absolute Gasteiger partial charge is 0.118 e. The summed E-state index contributed by atoms with van der Waals surface area (Å²) in [6, 6.07) is 11.0. The summed E-state index contributed by atoms with van der Waals surface area (Å²) in [4.78, 5) is 4.38. The highest BCUT2D eigenvalue weighted by molar-refractivity contribution is 6.38. The zero-order valence-electron chi connectivity index (χ0n) is 12.5. The maximum Gasteiger partial charge on any atom is 0.118 e. The molecule has 0 aliphatic carbocycles. The van der Waals surface area contributed by atoms with Crippen LogP contribution in [0.25, 0.3) is 0 Å². The Kier molecular flexibility index (Phi) is 5.30. The van der Waals surface area contributed by atoms with Crippen molar-refractivity contribution in [3.8, 4) is 11.5 Å². The first-order chi connectivity index (χ1) is 11.9. The molecule has 3 nitrogen and oxygen atoms in total. The molecule has 0 spiro atoms. The number of aromatic nitrogens is 1. The van der Waals surface area contributed by atoms with Crippen LogP contribution in [-0.2, 0) is 0 Å². The van der Waals surface area contributed by atoms with E-state index in [4.69, 9.17) is 46.4 Å². The summed E-state index contributed by atoms with van der Waals surface area (Å²) in [5, 5.41) is 20.4. The lowest BCUT2D eigenvalue weighted by molar-refractivity contribution is 0.475. The van der Waals surface area contributed by atoms with E-state index >= 15 is 0 Å². The van der Waals surface area contributed by atoms with Crippen LogP contribution in [0.1, 0.15) is 22.7 Å². The number of benzene rings is 2. The zero-order valence-corrected chi connectivity index (χ0v) is 15.6. The lowest BCUT2D eigenvalue weighted by Gasteiger charge is -2.22. The lowest BCUT2D eigenvalue weighted by Crippen LogP contribution is -2.08. The van der Waals surface area contributed by atoms with Gasteiger partial charge in [-0.3, -0.25) is 4.98 Å². The highest BCUT2D eigenvalue weighted by atomic mass is 35.5. The van der Waals surface area contributed by atoms with Crippen LogP contribution < -0.4 is 0 Å². The van der Waals surface area contributed by atoms with Gasteiger partial charge in [0.1, 0.15) is 11.5 Å². The molecule has 0 bridgehead atoms. The van der Waals surface area contributed by atoms with E-state index in [0.717, 1.165) is 0 Å². The molecule has 0 aliphatic heterocycles. The predicted octanol–water partition coefficient (Wildman–Crippen LogP) is 6.29. The molecule has 0 unspecified atom stereocenters. The van der Waals surface area contributed by atoms with E-state index in [1.807, 2.05) is 6.07 Å². The van der Waals surface area contributed by atoms with Crippen molar-refractivity contribution >= 4 is 46.4 Å². The third kappa shape index (κ3) is 3.65. The molecule has 3 aromatic rings. The number of hydrogen-bond acceptors (Lipinski definition) is 3. The van der Waals surface area contributed by atoms with Crippen LogP contribution in [0.4, 0.5) is 0 Å². The first-order valence-corrected chi connectivity index (χ1v) is 8.66.